The number of methoxy groups -OCH3 is 1. The Morgan fingerprint density at radius 2 is 2.14 bits per heavy atom. The molecule has 0 bridgehead atoms. The van der Waals surface area contributed by atoms with Crippen LogP contribution in [0.4, 0.5) is 10.8 Å². The van der Waals surface area contributed by atoms with E-state index in [-0.39, 0.29) is 29.3 Å². The minimum Gasteiger partial charge on any atom is -0.493 e. The Labute approximate surface area is 172 Å². The lowest BCUT2D eigenvalue weighted by molar-refractivity contribution is -0.385. The number of fused-ring (bicyclic) bond motifs is 1. The van der Waals surface area contributed by atoms with E-state index < -0.39 is 10.8 Å². The quantitative estimate of drug-likeness (QED) is 0.363. The zero-order chi connectivity index (χ0) is 21.0. The number of hydrogen-bond donors (Lipinski definition) is 0. The molecule has 1 amide bonds. The number of aromatic nitrogens is 1. The zero-order valence-electron chi connectivity index (χ0n) is 16.5. The SMILES string of the molecule is C=CCN(C(=O)c1cc(OC)c(OCC)cc1[N+](=O)[O-])c1nc2c(s1)CCCC2. The van der Waals surface area contributed by atoms with Crippen LogP contribution in [0.3, 0.4) is 0 Å². The highest BCUT2D eigenvalue weighted by molar-refractivity contribution is 7.16. The third-order valence-electron chi connectivity index (χ3n) is 4.63. The van der Waals surface area contributed by atoms with E-state index in [1.807, 2.05) is 0 Å². The fourth-order valence-electron chi connectivity index (χ4n) is 3.28. The Kier molecular flexibility index (Phi) is 6.48. The molecule has 0 unspecified atom stereocenters. The maximum absolute atomic E-state index is 13.4. The van der Waals surface area contributed by atoms with E-state index >= 15 is 0 Å². The average molecular weight is 417 g/mol. The summed E-state index contributed by atoms with van der Waals surface area (Å²) in [7, 11) is 1.42. The highest BCUT2D eigenvalue weighted by Gasteiger charge is 2.30. The molecule has 154 valence electrons. The van der Waals surface area contributed by atoms with Gasteiger partial charge in [-0.15, -0.1) is 17.9 Å². The van der Waals surface area contributed by atoms with Gasteiger partial charge in [0.25, 0.3) is 11.6 Å². The van der Waals surface area contributed by atoms with Crippen molar-refractivity contribution < 1.29 is 19.2 Å². The number of amides is 1. The summed E-state index contributed by atoms with van der Waals surface area (Å²) in [5, 5.41) is 12.2. The molecule has 0 saturated carbocycles. The second kappa shape index (κ2) is 9.04. The Bertz CT molecular complexity index is 917. The molecule has 29 heavy (non-hydrogen) atoms. The van der Waals surface area contributed by atoms with Crippen molar-refractivity contribution in [1.82, 2.24) is 4.98 Å². The number of rotatable bonds is 8. The molecule has 1 heterocycles. The monoisotopic (exact) mass is 417 g/mol. The number of carbonyl (C=O) groups excluding carboxylic acids is 1. The molecule has 9 heteroatoms. The van der Waals surface area contributed by atoms with E-state index in [0.29, 0.717) is 11.7 Å². The first-order valence-electron chi connectivity index (χ1n) is 9.40. The molecule has 0 aliphatic heterocycles. The molecule has 1 aromatic heterocycles. The van der Waals surface area contributed by atoms with Crippen LogP contribution in [0.1, 0.15) is 40.7 Å². The second-order valence-corrected chi connectivity index (χ2v) is 7.55. The van der Waals surface area contributed by atoms with E-state index in [4.69, 9.17) is 9.47 Å². The number of anilines is 1. The van der Waals surface area contributed by atoms with Gasteiger partial charge >= 0.3 is 0 Å². The minimum atomic E-state index is -0.589. The lowest BCUT2D eigenvalue weighted by Crippen LogP contribution is -2.31. The van der Waals surface area contributed by atoms with Crippen molar-refractivity contribution in [3.63, 3.8) is 0 Å². The van der Waals surface area contributed by atoms with Crippen LogP contribution < -0.4 is 14.4 Å². The molecule has 2 aromatic rings. The predicted octanol–water partition coefficient (Wildman–Crippen LogP) is 4.17. The van der Waals surface area contributed by atoms with E-state index in [1.54, 1.807) is 13.0 Å². The molecule has 0 saturated heterocycles. The van der Waals surface area contributed by atoms with Crippen molar-refractivity contribution >= 4 is 28.1 Å². The van der Waals surface area contributed by atoms with Gasteiger partial charge < -0.3 is 9.47 Å². The highest BCUT2D eigenvalue weighted by atomic mass is 32.1. The summed E-state index contributed by atoms with van der Waals surface area (Å²) in [5.74, 6) is -0.0416. The number of ether oxygens (including phenoxy) is 2. The highest BCUT2D eigenvalue weighted by Crippen LogP contribution is 2.37. The molecular weight excluding hydrogens is 394 g/mol. The van der Waals surface area contributed by atoms with Gasteiger partial charge in [0.1, 0.15) is 5.56 Å². The van der Waals surface area contributed by atoms with Gasteiger partial charge in [-0.2, -0.15) is 0 Å². The lowest BCUT2D eigenvalue weighted by atomic mass is 10.0. The van der Waals surface area contributed by atoms with E-state index in [9.17, 15) is 14.9 Å². The van der Waals surface area contributed by atoms with E-state index in [1.165, 1.54) is 40.4 Å². The third-order valence-corrected chi connectivity index (χ3v) is 5.81. The van der Waals surface area contributed by atoms with Crippen molar-refractivity contribution in [2.45, 2.75) is 32.6 Å². The van der Waals surface area contributed by atoms with Crippen molar-refractivity contribution in [3.05, 3.63) is 51.0 Å². The summed E-state index contributed by atoms with van der Waals surface area (Å²) in [6.45, 7) is 5.99. The number of nitro benzene ring substituents is 1. The van der Waals surface area contributed by atoms with Gasteiger partial charge in [0.2, 0.25) is 0 Å². The van der Waals surface area contributed by atoms with Gasteiger partial charge in [0, 0.05) is 17.5 Å². The van der Waals surface area contributed by atoms with Crippen LogP contribution in [0, 0.1) is 10.1 Å². The first-order chi connectivity index (χ1) is 14.0. The van der Waals surface area contributed by atoms with Gasteiger partial charge in [-0.05, 0) is 32.6 Å². The largest absolute Gasteiger partial charge is 0.493 e. The summed E-state index contributed by atoms with van der Waals surface area (Å²) < 4.78 is 10.7. The second-order valence-electron chi connectivity index (χ2n) is 6.49. The van der Waals surface area contributed by atoms with Crippen molar-refractivity contribution in [2.75, 3.05) is 25.2 Å². The molecule has 0 radical (unpaired) electrons. The van der Waals surface area contributed by atoms with Gasteiger partial charge in [0.15, 0.2) is 16.6 Å². The number of nitro groups is 1. The van der Waals surface area contributed by atoms with Crippen LogP contribution in [-0.2, 0) is 12.8 Å². The summed E-state index contributed by atoms with van der Waals surface area (Å²) in [6.07, 6.45) is 5.59. The Hall–Kier alpha value is -2.94. The standard InChI is InChI=1S/C20H23N3O5S/c1-4-10-22(20-21-14-8-6-7-9-18(14)29-20)19(24)13-11-16(27-3)17(28-5-2)12-15(13)23(25)26/h4,11-12H,1,5-10H2,2-3H3. The molecule has 1 aromatic carbocycles. The van der Waals surface area contributed by atoms with E-state index in [0.717, 1.165) is 31.4 Å². The maximum Gasteiger partial charge on any atom is 0.286 e. The predicted molar refractivity (Wildman–Crippen MR) is 111 cm³/mol. The fourth-order valence-corrected chi connectivity index (χ4v) is 4.43. The minimum absolute atomic E-state index is 0.0784. The third kappa shape index (κ3) is 4.24. The van der Waals surface area contributed by atoms with Crippen LogP contribution in [0.15, 0.2) is 24.8 Å². The van der Waals surface area contributed by atoms with Crippen molar-refractivity contribution in [2.24, 2.45) is 0 Å². The summed E-state index contributed by atoms with van der Waals surface area (Å²) in [4.78, 5) is 31.7. The molecule has 0 atom stereocenters. The molecule has 1 aliphatic rings. The molecule has 0 spiro atoms. The number of thiazole rings is 1. The molecule has 3 rings (SSSR count). The summed E-state index contributed by atoms with van der Waals surface area (Å²) in [5.41, 5.74) is 0.594. The maximum atomic E-state index is 13.4. The molecule has 0 fully saturated rings. The number of nitrogens with zero attached hydrogens (tertiary/aromatic N) is 3. The topological polar surface area (TPSA) is 94.8 Å². The molecule has 1 aliphatic carbocycles. The Morgan fingerprint density at radius 3 is 2.76 bits per heavy atom. The van der Waals surface area contributed by atoms with Gasteiger partial charge in [-0.1, -0.05) is 6.08 Å². The summed E-state index contributed by atoms with van der Waals surface area (Å²) in [6, 6.07) is 2.59. The fraction of sp³-hybridized carbons (Fsp3) is 0.400. The van der Waals surface area contributed by atoms with Gasteiger partial charge in [-0.3, -0.25) is 19.8 Å². The number of aryl methyl sites for hydroxylation is 2. The smallest absolute Gasteiger partial charge is 0.286 e. The number of hydrogen-bond acceptors (Lipinski definition) is 7. The normalized spacial score (nSPS) is 12.8. The Morgan fingerprint density at radius 1 is 1.38 bits per heavy atom. The Balaban J connectivity index is 2.06. The van der Waals surface area contributed by atoms with Gasteiger partial charge in [0.05, 0.1) is 30.4 Å². The van der Waals surface area contributed by atoms with Crippen LogP contribution in [0.25, 0.3) is 0 Å². The molecule has 8 nitrogen and oxygen atoms in total. The first-order valence-corrected chi connectivity index (χ1v) is 10.2. The molecule has 0 N–H and O–H groups in total. The van der Waals surface area contributed by atoms with Crippen molar-refractivity contribution in [3.8, 4) is 11.5 Å². The van der Waals surface area contributed by atoms with Crippen LogP contribution >= 0.6 is 11.3 Å². The van der Waals surface area contributed by atoms with E-state index in [2.05, 4.69) is 11.6 Å². The average Bonchev–Trinajstić information content (AvgIpc) is 3.15. The lowest BCUT2D eigenvalue weighted by Gasteiger charge is -2.19. The first kappa shape index (κ1) is 20.8. The molecular formula is C20H23N3O5S. The number of benzene rings is 1. The number of carbonyl (C=O) groups is 1. The van der Waals surface area contributed by atoms with Crippen LogP contribution in [0.5, 0.6) is 11.5 Å². The van der Waals surface area contributed by atoms with Crippen molar-refractivity contribution in [1.29, 1.82) is 0 Å². The van der Waals surface area contributed by atoms with Gasteiger partial charge in [-0.25, -0.2) is 4.98 Å². The summed E-state index contributed by atoms with van der Waals surface area (Å²) >= 11 is 1.46. The van der Waals surface area contributed by atoms with Crippen LogP contribution in [-0.4, -0.2) is 36.1 Å². The zero-order valence-corrected chi connectivity index (χ0v) is 17.3. The van der Waals surface area contributed by atoms with Crippen LogP contribution in [0.2, 0.25) is 0 Å².